The van der Waals surface area contributed by atoms with Gasteiger partial charge in [-0.1, -0.05) is 0 Å². The maximum absolute atomic E-state index is 13.0. The maximum Gasteiger partial charge on any atom is 0.433 e. The zero-order valence-electron chi connectivity index (χ0n) is 16.9. The van der Waals surface area contributed by atoms with Crippen molar-refractivity contribution in [1.82, 2.24) is 14.2 Å². The third kappa shape index (κ3) is 3.06. The zero-order chi connectivity index (χ0) is 21.5. The van der Waals surface area contributed by atoms with Crippen LogP contribution in [0.4, 0.5) is 13.2 Å². The van der Waals surface area contributed by atoms with E-state index in [0.717, 1.165) is 25.3 Å². The van der Waals surface area contributed by atoms with Crippen molar-refractivity contribution >= 4 is 17.3 Å². The Balaban J connectivity index is 1.17. The SMILES string of the molecule is Cc1nc(C(F)(F)F)ccc1[S+]([O-])N1CC2(CN(C(=O)C34CCOC(C)(C3)C4)C2)C1. The summed E-state index contributed by atoms with van der Waals surface area (Å²) in [6.07, 6.45) is -2.16. The van der Waals surface area contributed by atoms with Gasteiger partial charge in [0.1, 0.15) is 5.69 Å². The van der Waals surface area contributed by atoms with Crippen LogP contribution in [0.1, 0.15) is 37.6 Å². The first-order valence-corrected chi connectivity index (χ1v) is 11.2. The molecular weight excluding hydrogens is 419 g/mol. The minimum Gasteiger partial charge on any atom is -0.593 e. The number of nitrogens with zero attached hydrogens (tertiary/aromatic N) is 3. The van der Waals surface area contributed by atoms with Crippen molar-refractivity contribution in [3.63, 3.8) is 0 Å². The molecule has 5 heterocycles. The van der Waals surface area contributed by atoms with Gasteiger partial charge >= 0.3 is 6.18 Å². The second kappa shape index (κ2) is 6.34. The molecule has 164 valence electrons. The van der Waals surface area contributed by atoms with Crippen LogP contribution in [0.3, 0.4) is 0 Å². The standard InChI is InChI=1S/C20H24F3N3O3S/c1-13-14(3-4-15(24-13)20(21,22)23)30(28)26-11-18(12-26)9-25(10-18)16(27)19-5-6-29-17(2,7-19)8-19/h3-4H,5-12H2,1-2H3. The van der Waals surface area contributed by atoms with Crippen molar-refractivity contribution < 1.29 is 27.3 Å². The van der Waals surface area contributed by atoms with Crippen LogP contribution in [0.2, 0.25) is 0 Å². The largest absolute Gasteiger partial charge is 0.593 e. The van der Waals surface area contributed by atoms with Crippen molar-refractivity contribution in [2.45, 2.75) is 49.8 Å². The number of amides is 1. The summed E-state index contributed by atoms with van der Waals surface area (Å²) < 4.78 is 58.7. The van der Waals surface area contributed by atoms with Gasteiger partial charge in [-0.15, -0.1) is 4.31 Å². The Morgan fingerprint density at radius 2 is 1.90 bits per heavy atom. The summed E-state index contributed by atoms with van der Waals surface area (Å²) in [5, 5.41) is 0. The smallest absolute Gasteiger partial charge is 0.433 e. The lowest BCUT2D eigenvalue weighted by atomic mass is 9.55. The van der Waals surface area contributed by atoms with Crippen molar-refractivity contribution in [2.24, 2.45) is 10.8 Å². The Hall–Kier alpha value is -1.36. The fraction of sp³-hybridized carbons (Fsp3) is 0.700. The number of likely N-dealkylation sites (tertiary alicyclic amines) is 1. The van der Waals surface area contributed by atoms with Crippen LogP contribution in [-0.2, 0) is 27.1 Å². The second-order valence-corrected chi connectivity index (χ2v) is 11.1. The molecule has 1 aromatic heterocycles. The van der Waals surface area contributed by atoms with Gasteiger partial charge in [0.2, 0.25) is 5.91 Å². The highest BCUT2D eigenvalue weighted by Crippen LogP contribution is 2.58. The van der Waals surface area contributed by atoms with Crippen molar-refractivity contribution in [2.75, 3.05) is 32.8 Å². The van der Waals surface area contributed by atoms with Crippen LogP contribution in [0.5, 0.6) is 0 Å². The number of carbonyl (C=O) groups is 1. The highest BCUT2D eigenvalue weighted by molar-refractivity contribution is 7.89. The first-order chi connectivity index (χ1) is 13.9. The third-order valence-electron chi connectivity index (χ3n) is 7.02. The molecule has 6 nitrogen and oxygen atoms in total. The minimum atomic E-state index is -4.52. The Labute approximate surface area is 176 Å². The van der Waals surface area contributed by atoms with Gasteiger partial charge in [0.05, 0.1) is 41.2 Å². The molecule has 1 unspecified atom stereocenters. The van der Waals surface area contributed by atoms with Crippen LogP contribution in [0.25, 0.3) is 0 Å². The lowest BCUT2D eigenvalue weighted by Gasteiger charge is -2.63. The van der Waals surface area contributed by atoms with E-state index in [0.29, 0.717) is 37.7 Å². The number of rotatable bonds is 3. The van der Waals surface area contributed by atoms with E-state index in [4.69, 9.17) is 4.74 Å². The number of aryl methyl sites for hydroxylation is 1. The number of carbonyl (C=O) groups excluding carboxylic acids is 1. The van der Waals surface area contributed by atoms with Gasteiger partial charge in [-0.05, 0) is 45.2 Å². The van der Waals surface area contributed by atoms with Crippen LogP contribution < -0.4 is 0 Å². The molecule has 1 amide bonds. The van der Waals surface area contributed by atoms with E-state index in [2.05, 4.69) is 11.9 Å². The van der Waals surface area contributed by atoms with Gasteiger partial charge in [-0.3, -0.25) is 4.79 Å². The van der Waals surface area contributed by atoms with Gasteiger partial charge in [-0.25, -0.2) is 4.98 Å². The number of fused-ring (bicyclic) bond motifs is 2. The van der Waals surface area contributed by atoms with E-state index >= 15 is 0 Å². The molecule has 4 saturated heterocycles. The summed E-state index contributed by atoms with van der Waals surface area (Å²) in [5.74, 6) is 0.219. The molecule has 2 bridgehead atoms. The summed E-state index contributed by atoms with van der Waals surface area (Å²) in [4.78, 5) is 18.8. The Morgan fingerprint density at radius 3 is 2.47 bits per heavy atom. The predicted octanol–water partition coefficient (Wildman–Crippen LogP) is 2.53. The molecule has 5 fully saturated rings. The molecule has 1 atom stereocenters. The number of hydrogen-bond acceptors (Lipinski definition) is 5. The monoisotopic (exact) mass is 443 g/mol. The molecule has 4 aliphatic heterocycles. The van der Waals surface area contributed by atoms with Gasteiger partial charge in [0.25, 0.3) is 0 Å². The van der Waals surface area contributed by atoms with E-state index < -0.39 is 23.2 Å². The first-order valence-electron chi connectivity index (χ1n) is 10.1. The topological polar surface area (TPSA) is 68.7 Å². The molecule has 1 saturated carbocycles. The number of aromatic nitrogens is 1. The molecule has 0 N–H and O–H groups in total. The number of halogens is 3. The molecule has 30 heavy (non-hydrogen) atoms. The molecule has 0 aromatic carbocycles. The molecule has 0 radical (unpaired) electrons. The zero-order valence-corrected chi connectivity index (χ0v) is 17.7. The van der Waals surface area contributed by atoms with Crippen molar-refractivity contribution in [3.8, 4) is 0 Å². The van der Waals surface area contributed by atoms with Gasteiger partial charge in [0.15, 0.2) is 4.90 Å². The predicted molar refractivity (Wildman–Crippen MR) is 102 cm³/mol. The van der Waals surface area contributed by atoms with Gasteiger partial charge in [-0.2, -0.15) is 13.2 Å². The molecule has 10 heteroatoms. The summed E-state index contributed by atoms with van der Waals surface area (Å²) in [6, 6.07) is 2.12. The Kier molecular flexibility index (Phi) is 4.34. The molecule has 5 aliphatic rings. The molecule has 1 aliphatic carbocycles. The summed E-state index contributed by atoms with van der Waals surface area (Å²) in [6.45, 7) is 6.59. The van der Waals surface area contributed by atoms with E-state index in [9.17, 15) is 22.5 Å². The summed E-state index contributed by atoms with van der Waals surface area (Å²) in [7, 11) is 0. The normalized spacial score (nSPS) is 33.5. The van der Waals surface area contributed by atoms with E-state index in [1.165, 1.54) is 13.0 Å². The van der Waals surface area contributed by atoms with Crippen LogP contribution >= 0.6 is 0 Å². The fourth-order valence-corrected chi connectivity index (χ4v) is 7.24. The molecular formula is C20H24F3N3O3S. The lowest BCUT2D eigenvalue weighted by Crippen LogP contribution is -2.76. The van der Waals surface area contributed by atoms with Gasteiger partial charge in [0, 0.05) is 25.1 Å². The minimum absolute atomic E-state index is 0.0482. The maximum atomic E-state index is 13.0. The number of ether oxygens (including phenoxy) is 1. The van der Waals surface area contributed by atoms with Gasteiger partial charge < -0.3 is 14.2 Å². The first kappa shape index (κ1) is 20.5. The molecule has 1 aromatic rings. The number of hydrogen-bond donors (Lipinski definition) is 0. The third-order valence-corrected chi connectivity index (χ3v) is 8.56. The highest BCUT2D eigenvalue weighted by Gasteiger charge is 2.64. The van der Waals surface area contributed by atoms with Crippen LogP contribution in [0.15, 0.2) is 17.0 Å². The number of alkyl halides is 3. The molecule has 1 spiro atoms. The second-order valence-electron chi connectivity index (χ2n) is 9.67. The van der Waals surface area contributed by atoms with Crippen LogP contribution in [-0.4, -0.2) is 63.0 Å². The summed E-state index contributed by atoms with van der Waals surface area (Å²) in [5.41, 5.74) is -1.30. The fourth-order valence-electron chi connectivity index (χ4n) is 5.70. The van der Waals surface area contributed by atoms with E-state index in [-0.39, 0.29) is 28.0 Å². The highest BCUT2D eigenvalue weighted by atomic mass is 32.2. The lowest BCUT2D eigenvalue weighted by molar-refractivity contribution is -0.228. The average molecular weight is 443 g/mol. The van der Waals surface area contributed by atoms with Crippen LogP contribution in [0, 0.1) is 17.8 Å². The van der Waals surface area contributed by atoms with E-state index in [1.54, 1.807) is 4.31 Å². The van der Waals surface area contributed by atoms with Crippen molar-refractivity contribution in [3.05, 3.63) is 23.5 Å². The van der Waals surface area contributed by atoms with Crippen molar-refractivity contribution in [1.29, 1.82) is 0 Å². The average Bonchev–Trinajstić information content (AvgIpc) is 2.57. The summed E-state index contributed by atoms with van der Waals surface area (Å²) >= 11 is -1.55. The quantitative estimate of drug-likeness (QED) is 0.672. The Morgan fingerprint density at radius 1 is 1.23 bits per heavy atom. The number of pyridine rings is 1. The Bertz CT molecular complexity index is 889. The molecule has 6 rings (SSSR count). The van der Waals surface area contributed by atoms with E-state index in [1.807, 2.05) is 4.90 Å².